The maximum Gasteiger partial charge on any atom is 0.125 e. The van der Waals surface area contributed by atoms with E-state index in [-0.39, 0.29) is 0 Å². The van der Waals surface area contributed by atoms with Crippen molar-refractivity contribution < 1.29 is 9.47 Å². The summed E-state index contributed by atoms with van der Waals surface area (Å²) in [6.45, 7) is 2.57. The third-order valence-corrected chi connectivity index (χ3v) is 3.36. The number of nitrogens with one attached hydrogen (secondary N) is 1. The summed E-state index contributed by atoms with van der Waals surface area (Å²) in [7, 11) is 1.68. The fraction of sp³-hybridized carbons (Fsp3) is 0.176. The van der Waals surface area contributed by atoms with Crippen LogP contribution in [0.25, 0.3) is 10.9 Å². The first-order chi connectivity index (χ1) is 9.76. The minimum absolute atomic E-state index is 0.501. The number of hydrogen-bond acceptors (Lipinski definition) is 2. The predicted molar refractivity (Wildman–Crippen MR) is 80.4 cm³/mol. The molecule has 0 saturated heterocycles. The summed E-state index contributed by atoms with van der Waals surface area (Å²) in [6.07, 6.45) is 1.93. The molecule has 1 heterocycles. The van der Waals surface area contributed by atoms with Crippen LogP contribution in [0.5, 0.6) is 11.5 Å². The van der Waals surface area contributed by atoms with Crippen LogP contribution in [0.3, 0.4) is 0 Å². The largest absolute Gasteiger partial charge is 0.496 e. The summed E-state index contributed by atoms with van der Waals surface area (Å²) in [4.78, 5) is 3.17. The molecule has 0 aliphatic carbocycles. The third-order valence-electron chi connectivity index (χ3n) is 3.36. The Balaban J connectivity index is 1.80. The van der Waals surface area contributed by atoms with Gasteiger partial charge in [0, 0.05) is 22.7 Å². The third kappa shape index (κ3) is 2.48. The number of fused-ring (bicyclic) bond motifs is 1. The van der Waals surface area contributed by atoms with Gasteiger partial charge in [-0.15, -0.1) is 0 Å². The summed E-state index contributed by atoms with van der Waals surface area (Å²) < 4.78 is 11.2. The molecule has 0 unspecified atom stereocenters. The molecule has 0 atom stereocenters. The number of aromatic amines is 1. The summed E-state index contributed by atoms with van der Waals surface area (Å²) in [6, 6.07) is 14.2. The van der Waals surface area contributed by atoms with Gasteiger partial charge in [0.05, 0.1) is 7.11 Å². The fourth-order valence-corrected chi connectivity index (χ4v) is 2.30. The first-order valence-corrected chi connectivity index (χ1v) is 6.60. The number of H-pyrrole nitrogens is 1. The fourth-order valence-electron chi connectivity index (χ4n) is 2.30. The molecule has 3 aromatic rings. The molecule has 0 fully saturated rings. The van der Waals surface area contributed by atoms with E-state index in [9.17, 15) is 0 Å². The predicted octanol–water partition coefficient (Wildman–Crippen LogP) is 4.06. The summed E-state index contributed by atoms with van der Waals surface area (Å²) in [5.74, 6) is 1.72. The molecular weight excluding hydrogens is 250 g/mol. The standard InChI is InChI=1S/C17H17NO2/c1-12-3-6-17(19-2)14(9-12)11-20-15-4-5-16-13(10-15)7-8-18-16/h3-10,18H,11H2,1-2H3. The van der Waals surface area contributed by atoms with Gasteiger partial charge >= 0.3 is 0 Å². The summed E-state index contributed by atoms with van der Waals surface area (Å²) in [5, 5.41) is 1.15. The minimum Gasteiger partial charge on any atom is -0.496 e. The second-order valence-corrected chi connectivity index (χ2v) is 4.83. The van der Waals surface area contributed by atoms with Crippen LogP contribution in [-0.4, -0.2) is 12.1 Å². The van der Waals surface area contributed by atoms with Gasteiger partial charge in [-0.1, -0.05) is 11.6 Å². The SMILES string of the molecule is COc1ccc(C)cc1COc1ccc2[nH]ccc2c1. The highest BCUT2D eigenvalue weighted by molar-refractivity contribution is 5.80. The van der Waals surface area contributed by atoms with Crippen LogP contribution in [0.4, 0.5) is 0 Å². The van der Waals surface area contributed by atoms with Crippen molar-refractivity contribution in [1.82, 2.24) is 4.98 Å². The number of rotatable bonds is 4. The normalized spacial score (nSPS) is 10.7. The van der Waals surface area contributed by atoms with Crippen molar-refractivity contribution >= 4 is 10.9 Å². The first kappa shape index (κ1) is 12.6. The van der Waals surface area contributed by atoms with E-state index in [2.05, 4.69) is 18.0 Å². The average molecular weight is 267 g/mol. The zero-order valence-electron chi connectivity index (χ0n) is 11.6. The quantitative estimate of drug-likeness (QED) is 0.773. The topological polar surface area (TPSA) is 34.2 Å². The molecule has 0 aliphatic rings. The molecule has 0 amide bonds. The van der Waals surface area contributed by atoms with Crippen LogP contribution in [0.1, 0.15) is 11.1 Å². The van der Waals surface area contributed by atoms with Gasteiger partial charge in [0.1, 0.15) is 18.1 Å². The van der Waals surface area contributed by atoms with Crippen molar-refractivity contribution in [3.8, 4) is 11.5 Å². The lowest BCUT2D eigenvalue weighted by Crippen LogP contribution is -1.99. The molecule has 3 heteroatoms. The second-order valence-electron chi connectivity index (χ2n) is 4.83. The Labute approximate surface area is 118 Å². The van der Waals surface area contributed by atoms with E-state index in [1.54, 1.807) is 7.11 Å². The number of aryl methyl sites for hydroxylation is 1. The number of methoxy groups -OCH3 is 1. The highest BCUT2D eigenvalue weighted by atomic mass is 16.5. The minimum atomic E-state index is 0.501. The Hall–Kier alpha value is -2.42. The molecule has 3 rings (SSSR count). The zero-order chi connectivity index (χ0) is 13.9. The molecule has 1 N–H and O–H groups in total. The molecule has 0 spiro atoms. The van der Waals surface area contributed by atoms with Crippen LogP contribution in [0.2, 0.25) is 0 Å². The Kier molecular flexibility index (Phi) is 3.33. The Bertz CT molecular complexity index is 731. The van der Waals surface area contributed by atoms with Crippen LogP contribution >= 0.6 is 0 Å². The van der Waals surface area contributed by atoms with Gasteiger partial charge in [-0.05, 0) is 43.3 Å². The van der Waals surface area contributed by atoms with Gasteiger partial charge in [-0.25, -0.2) is 0 Å². The van der Waals surface area contributed by atoms with Crippen LogP contribution in [0, 0.1) is 6.92 Å². The number of aromatic nitrogens is 1. The van der Waals surface area contributed by atoms with Gasteiger partial charge in [-0.3, -0.25) is 0 Å². The molecule has 20 heavy (non-hydrogen) atoms. The van der Waals surface area contributed by atoms with Crippen LogP contribution in [-0.2, 0) is 6.61 Å². The van der Waals surface area contributed by atoms with Crippen molar-refractivity contribution in [2.45, 2.75) is 13.5 Å². The maximum absolute atomic E-state index is 5.87. The number of ether oxygens (including phenoxy) is 2. The number of hydrogen-bond donors (Lipinski definition) is 1. The van der Waals surface area contributed by atoms with E-state index in [1.165, 1.54) is 5.56 Å². The summed E-state index contributed by atoms with van der Waals surface area (Å²) >= 11 is 0. The maximum atomic E-state index is 5.87. The van der Waals surface area contributed by atoms with Gasteiger partial charge in [0.25, 0.3) is 0 Å². The van der Waals surface area contributed by atoms with Crippen molar-refractivity contribution in [1.29, 1.82) is 0 Å². The van der Waals surface area contributed by atoms with Gasteiger partial charge in [-0.2, -0.15) is 0 Å². The Morgan fingerprint density at radius 1 is 1.05 bits per heavy atom. The molecule has 0 bridgehead atoms. The molecule has 1 aromatic heterocycles. The average Bonchev–Trinajstić information content (AvgIpc) is 2.92. The number of benzene rings is 2. The lowest BCUT2D eigenvalue weighted by molar-refractivity contribution is 0.297. The molecule has 102 valence electrons. The molecule has 3 nitrogen and oxygen atoms in total. The van der Waals surface area contributed by atoms with Gasteiger partial charge in [0.2, 0.25) is 0 Å². The van der Waals surface area contributed by atoms with E-state index in [4.69, 9.17) is 9.47 Å². The monoisotopic (exact) mass is 267 g/mol. The second kappa shape index (κ2) is 5.29. The summed E-state index contributed by atoms with van der Waals surface area (Å²) in [5.41, 5.74) is 3.37. The van der Waals surface area contributed by atoms with Crippen molar-refractivity contribution in [2.24, 2.45) is 0 Å². The lowest BCUT2D eigenvalue weighted by atomic mass is 10.1. The Morgan fingerprint density at radius 2 is 1.95 bits per heavy atom. The van der Waals surface area contributed by atoms with E-state index in [0.717, 1.165) is 28.0 Å². The lowest BCUT2D eigenvalue weighted by Gasteiger charge is -2.11. The highest BCUT2D eigenvalue weighted by Crippen LogP contribution is 2.24. The Morgan fingerprint density at radius 3 is 2.80 bits per heavy atom. The van der Waals surface area contributed by atoms with Crippen molar-refractivity contribution in [3.05, 3.63) is 59.8 Å². The van der Waals surface area contributed by atoms with Crippen molar-refractivity contribution in [2.75, 3.05) is 7.11 Å². The molecule has 0 aliphatic heterocycles. The smallest absolute Gasteiger partial charge is 0.125 e. The molecule has 2 aromatic carbocycles. The van der Waals surface area contributed by atoms with Crippen LogP contribution in [0.15, 0.2) is 48.7 Å². The van der Waals surface area contributed by atoms with Gasteiger partial charge < -0.3 is 14.5 Å². The van der Waals surface area contributed by atoms with Crippen molar-refractivity contribution in [3.63, 3.8) is 0 Å². The van der Waals surface area contributed by atoms with Gasteiger partial charge in [0.15, 0.2) is 0 Å². The zero-order valence-corrected chi connectivity index (χ0v) is 11.6. The van der Waals surface area contributed by atoms with E-state index in [0.29, 0.717) is 6.61 Å². The molecular formula is C17H17NO2. The van der Waals surface area contributed by atoms with Crippen LogP contribution < -0.4 is 9.47 Å². The van der Waals surface area contributed by atoms with E-state index >= 15 is 0 Å². The molecule has 0 saturated carbocycles. The molecule has 0 radical (unpaired) electrons. The van der Waals surface area contributed by atoms with E-state index in [1.807, 2.05) is 42.6 Å². The first-order valence-electron chi connectivity index (χ1n) is 6.60. The van der Waals surface area contributed by atoms with E-state index < -0.39 is 0 Å². The highest BCUT2D eigenvalue weighted by Gasteiger charge is 2.05.